The first kappa shape index (κ1) is 10.4. The monoisotopic (exact) mass is 201 g/mol. The van der Waals surface area contributed by atoms with Crippen molar-refractivity contribution in [3.8, 4) is 0 Å². The number of rotatable bonds is 3. The lowest BCUT2D eigenvalue weighted by molar-refractivity contribution is -0.111. The predicted octanol–water partition coefficient (Wildman–Crippen LogP) is -1.64. The van der Waals surface area contributed by atoms with Crippen LogP contribution in [0.1, 0.15) is 0 Å². The first-order chi connectivity index (χ1) is 4.69. The normalized spacial score (nSPS) is 12.5. The van der Waals surface area contributed by atoms with Gasteiger partial charge in [-0.2, -0.15) is 0 Å². The van der Waals surface area contributed by atoms with Gasteiger partial charge in [-0.3, -0.25) is 4.79 Å². The zero-order chi connectivity index (χ0) is 9.28. The number of nitrogens with zero attached hydrogens (tertiary/aromatic N) is 1. The minimum Gasteiger partial charge on any atom is -0.276 e. The van der Waals surface area contributed by atoms with Crippen molar-refractivity contribution in [2.45, 2.75) is 0 Å². The number of hydrogen-bond donors (Lipinski definition) is 0. The van der Waals surface area contributed by atoms with Gasteiger partial charge in [0, 0.05) is 0 Å². The van der Waals surface area contributed by atoms with Gasteiger partial charge in [0.15, 0.2) is 0 Å². The Balaban J connectivity index is 5.21. The molecule has 0 aromatic rings. The number of carbonyl (C=O) groups is 1. The third-order valence-corrected chi connectivity index (χ3v) is 3.84. The molecule has 0 fully saturated rings. The molecule has 0 aliphatic carbocycles. The number of sulfonamides is 2. The summed E-state index contributed by atoms with van der Waals surface area (Å²) in [7, 11) is -7.99. The van der Waals surface area contributed by atoms with Crippen LogP contribution in [0.3, 0.4) is 0 Å². The average molecular weight is 201 g/mol. The summed E-state index contributed by atoms with van der Waals surface area (Å²) in [4.78, 5) is 9.97. The molecule has 0 N–H and O–H groups in total. The minimum atomic E-state index is -4.00. The molecule has 0 saturated heterocycles. The third kappa shape index (κ3) is 2.85. The Labute approximate surface area is 64.9 Å². The lowest BCUT2D eigenvalue weighted by Gasteiger charge is -2.10. The van der Waals surface area contributed by atoms with Crippen molar-refractivity contribution in [1.29, 1.82) is 0 Å². The van der Waals surface area contributed by atoms with Gasteiger partial charge in [0.1, 0.15) is 0 Å². The Kier molecular flexibility index (Phi) is 2.62. The van der Waals surface area contributed by atoms with Crippen molar-refractivity contribution >= 4 is 26.5 Å². The third-order valence-electron chi connectivity index (χ3n) is 0.740. The molecule has 0 radical (unpaired) electrons. The van der Waals surface area contributed by atoms with Crippen LogP contribution in [0.5, 0.6) is 0 Å². The molecule has 8 heteroatoms. The Hall–Kier alpha value is -0.630. The van der Waals surface area contributed by atoms with Crippen LogP contribution in [-0.2, 0) is 24.8 Å². The molecule has 6 nitrogen and oxygen atoms in total. The summed E-state index contributed by atoms with van der Waals surface area (Å²) in [6.45, 7) is 0. The molecule has 0 aliphatic rings. The molecule has 0 unspecified atom stereocenters. The SMILES string of the molecule is CS(=O)(=O)N(C=O)S(C)(=O)=O. The van der Waals surface area contributed by atoms with E-state index in [1.165, 1.54) is 0 Å². The molecule has 0 aromatic heterocycles. The zero-order valence-corrected chi connectivity index (χ0v) is 7.52. The average Bonchev–Trinajstić information content (AvgIpc) is 1.56. The van der Waals surface area contributed by atoms with Crippen LogP contribution in [0, 0.1) is 0 Å². The Morgan fingerprint density at radius 3 is 1.27 bits per heavy atom. The van der Waals surface area contributed by atoms with Gasteiger partial charge in [0.25, 0.3) is 0 Å². The second-order valence-corrected chi connectivity index (χ2v) is 5.81. The summed E-state index contributed by atoms with van der Waals surface area (Å²) in [5.74, 6) is 0. The first-order valence-corrected chi connectivity index (χ1v) is 6.04. The zero-order valence-electron chi connectivity index (χ0n) is 5.88. The van der Waals surface area contributed by atoms with E-state index in [0.717, 1.165) is 0 Å². The standard InChI is InChI=1S/C3H7NO5S2/c1-10(6,7)4(3-5)11(2,8)9/h3H,1-2H3. The Bertz CT molecular complexity index is 306. The summed E-state index contributed by atoms with van der Waals surface area (Å²) in [5, 5.41) is 0. The van der Waals surface area contributed by atoms with E-state index in [2.05, 4.69) is 0 Å². The molecule has 0 rings (SSSR count). The number of hydrogen-bond acceptors (Lipinski definition) is 5. The van der Waals surface area contributed by atoms with Crippen molar-refractivity contribution in [2.75, 3.05) is 12.5 Å². The highest BCUT2D eigenvalue weighted by molar-refractivity contribution is 8.04. The van der Waals surface area contributed by atoms with Crippen molar-refractivity contribution < 1.29 is 21.6 Å². The summed E-state index contributed by atoms with van der Waals surface area (Å²) >= 11 is 0. The molecular formula is C3H7NO5S2. The maximum absolute atomic E-state index is 10.5. The van der Waals surface area contributed by atoms with Crippen molar-refractivity contribution in [3.05, 3.63) is 0 Å². The Morgan fingerprint density at radius 1 is 1.00 bits per heavy atom. The van der Waals surface area contributed by atoms with Gasteiger partial charge in [-0.25, -0.2) is 16.8 Å². The fraction of sp³-hybridized carbons (Fsp3) is 0.667. The van der Waals surface area contributed by atoms with E-state index < -0.39 is 20.0 Å². The van der Waals surface area contributed by atoms with Gasteiger partial charge in [-0.15, -0.1) is 3.71 Å². The van der Waals surface area contributed by atoms with Crippen LogP contribution in [0.2, 0.25) is 0 Å². The Morgan fingerprint density at radius 2 is 1.27 bits per heavy atom. The summed E-state index contributed by atoms with van der Waals surface area (Å²) in [6, 6.07) is 0. The van der Waals surface area contributed by atoms with E-state index in [9.17, 15) is 21.6 Å². The van der Waals surface area contributed by atoms with Crippen molar-refractivity contribution in [3.63, 3.8) is 0 Å². The fourth-order valence-corrected chi connectivity index (χ4v) is 2.68. The summed E-state index contributed by atoms with van der Waals surface area (Å²) in [6.07, 6.45) is 0.996. The first-order valence-electron chi connectivity index (χ1n) is 2.34. The molecule has 0 aromatic carbocycles. The van der Waals surface area contributed by atoms with E-state index >= 15 is 0 Å². The number of carbonyl (C=O) groups excluding carboxylic acids is 1. The highest BCUT2D eigenvalue weighted by Crippen LogP contribution is 1.99. The molecule has 0 aliphatic heterocycles. The fourth-order valence-electron chi connectivity index (χ4n) is 0.402. The van der Waals surface area contributed by atoms with Gasteiger partial charge >= 0.3 is 0 Å². The van der Waals surface area contributed by atoms with Crippen molar-refractivity contribution in [1.82, 2.24) is 3.71 Å². The van der Waals surface area contributed by atoms with Crippen LogP contribution in [0.15, 0.2) is 0 Å². The molecule has 0 atom stereocenters. The van der Waals surface area contributed by atoms with Gasteiger partial charge in [-0.1, -0.05) is 0 Å². The topological polar surface area (TPSA) is 88.6 Å². The number of amides is 1. The molecule has 0 saturated carbocycles. The minimum absolute atomic E-state index is 0.236. The van der Waals surface area contributed by atoms with E-state index in [4.69, 9.17) is 0 Å². The summed E-state index contributed by atoms with van der Waals surface area (Å²) in [5.41, 5.74) is 0. The molecule has 1 amide bonds. The van der Waals surface area contributed by atoms with Crippen LogP contribution < -0.4 is 0 Å². The maximum atomic E-state index is 10.5. The highest BCUT2D eigenvalue weighted by Gasteiger charge is 2.23. The van der Waals surface area contributed by atoms with E-state index in [1.54, 1.807) is 0 Å². The van der Waals surface area contributed by atoms with E-state index in [0.29, 0.717) is 12.5 Å². The molecule has 0 spiro atoms. The lowest BCUT2D eigenvalue weighted by atomic mass is 11.5. The second kappa shape index (κ2) is 2.78. The molecule has 11 heavy (non-hydrogen) atoms. The van der Waals surface area contributed by atoms with Crippen LogP contribution in [-0.4, -0.2) is 39.5 Å². The largest absolute Gasteiger partial charge is 0.276 e. The van der Waals surface area contributed by atoms with Gasteiger partial charge < -0.3 is 0 Å². The molecule has 66 valence electrons. The molecular weight excluding hydrogens is 194 g/mol. The van der Waals surface area contributed by atoms with Crippen molar-refractivity contribution in [2.24, 2.45) is 0 Å². The van der Waals surface area contributed by atoms with Gasteiger partial charge in [0.2, 0.25) is 26.5 Å². The molecule has 0 bridgehead atoms. The highest BCUT2D eigenvalue weighted by atomic mass is 32.3. The maximum Gasteiger partial charge on any atom is 0.247 e. The van der Waals surface area contributed by atoms with Gasteiger partial charge in [0.05, 0.1) is 12.5 Å². The lowest BCUT2D eigenvalue weighted by Crippen LogP contribution is -2.33. The second-order valence-electron chi connectivity index (χ2n) is 1.86. The van der Waals surface area contributed by atoms with Crippen LogP contribution in [0.4, 0.5) is 0 Å². The van der Waals surface area contributed by atoms with E-state index in [-0.39, 0.29) is 10.1 Å². The quantitative estimate of drug-likeness (QED) is 0.511. The predicted molar refractivity (Wildman–Crippen MR) is 37.6 cm³/mol. The molecule has 0 heterocycles. The van der Waals surface area contributed by atoms with Gasteiger partial charge in [-0.05, 0) is 0 Å². The smallest absolute Gasteiger partial charge is 0.247 e. The van der Waals surface area contributed by atoms with Crippen LogP contribution >= 0.6 is 0 Å². The van der Waals surface area contributed by atoms with Crippen LogP contribution in [0.25, 0.3) is 0 Å². The summed E-state index contributed by atoms with van der Waals surface area (Å²) < 4.78 is 41.9. The van der Waals surface area contributed by atoms with E-state index in [1.807, 2.05) is 0 Å².